The average Bonchev–Trinajstić information content (AvgIpc) is 2.70. The van der Waals surface area contributed by atoms with Crippen LogP contribution in [-0.2, 0) is 0 Å². The maximum absolute atomic E-state index is 12.7. The fourth-order valence-corrected chi connectivity index (χ4v) is 2.92. The van der Waals surface area contributed by atoms with Gasteiger partial charge in [0.25, 0.3) is 5.91 Å². The normalized spacial score (nSPS) is 13.7. The Kier molecular flexibility index (Phi) is 5.51. The minimum Gasteiger partial charge on any atom is -0.493 e. The first-order valence-electron chi connectivity index (χ1n) is 8.58. The Morgan fingerprint density at radius 1 is 1.04 bits per heavy atom. The van der Waals surface area contributed by atoms with E-state index in [1.165, 1.54) is 0 Å². The summed E-state index contributed by atoms with van der Waals surface area (Å²) in [6.07, 6.45) is 0.742. The molecule has 0 aliphatic carbocycles. The third-order valence-corrected chi connectivity index (χ3v) is 4.33. The van der Waals surface area contributed by atoms with Crippen molar-refractivity contribution in [1.82, 2.24) is 5.32 Å². The summed E-state index contributed by atoms with van der Waals surface area (Å²) >= 11 is 0. The Morgan fingerprint density at radius 3 is 2.46 bits per heavy atom. The van der Waals surface area contributed by atoms with Crippen molar-refractivity contribution in [1.29, 1.82) is 0 Å². The summed E-state index contributed by atoms with van der Waals surface area (Å²) in [5, 5.41) is 3.06. The van der Waals surface area contributed by atoms with Crippen molar-refractivity contribution in [2.75, 3.05) is 27.4 Å². The van der Waals surface area contributed by atoms with Crippen LogP contribution in [0.2, 0.25) is 0 Å². The van der Waals surface area contributed by atoms with Crippen LogP contribution in [0, 0.1) is 0 Å². The van der Waals surface area contributed by atoms with Gasteiger partial charge in [0, 0.05) is 5.56 Å². The molecule has 1 amide bonds. The Labute approximate surface area is 153 Å². The first-order valence-corrected chi connectivity index (χ1v) is 8.58. The number of methoxy groups -OCH3 is 2. The lowest BCUT2D eigenvalue weighted by molar-refractivity contribution is 0.0934. The minimum absolute atomic E-state index is 0.143. The summed E-state index contributed by atoms with van der Waals surface area (Å²) in [4.78, 5) is 12.7. The van der Waals surface area contributed by atoms with Gasteiger partial charge in [-0.25, -0.2) is 0 Å². The Hall–Kier alpha value is -2.89. The molecule has 0 aromatic heterocycles. The van der Waals surface area contributed by atoms with E-state index < -0.39 is 0 Å². The molecule has 26 heavy (non-hydrogen) atoms. The quantitative estimate of drug-likeness (QED) is 0.859. The highest BCUT2D eigenvalue weighted by Crippen LogP contribution is 2.32. The number of ether oxygens (including phenoxy) is 4. The van der Waals surface area contributed by atoms with Gasteiger partial charge in [0.2, 0.25) is 0 Å². The van der Waals surface area contributed by atoms with E-state index in [1.54, 1.807) is 32.4 Å². The van der Waals surface area contributed by atoms with Gasteiger partial charge >= 0.3 is 0 Å². The number of nitrogens with one attached hydrogen (secondary N) is 1. The zero-order valence-corrected chi connectivity index (χ0v) is 15.2. The van der Waals surface area contributed by atoms with Crippen LogP contribution in [-0.4, -0.2) is 33.3 Å². The van der Waals surface area contributed by atoms with E-state index in [-0.39, 0.29) is 11.9 Å². The molecule has 0 radical (unpaired) electrons. The smallest absolute Gasteiger partial charge is 0.251 e. The molecule has 0 saturated heterocycles. The molecule has 0 fully saturated rings. The van der Waals surface area contributed by atoms with E-state index >= 15 is 0 Å². The molecular weight excluding hydrogens is 334 g/mol. The van der Waals surface area contributed by atoms with Gasteiger partial charge in [-0.15, -0.1) is 0 Å². The number of carbonyl (C=O) groups excluding carboxylic acids is 1. The average molecular weight is 357 g/mol. The first kappa shape index (κ1) is 17.9. The molecule has 1 atom stereocenters. The Morgan fingerprint density at radius 2 is 1.77 bits per heavy atom. The van der Waals surface area contributed by atoms with E-state index in [0.717, 1.165) is 12.0 Å². The van der Waals surface area contributed by atoms with E-state index in [9.17, 15) is 4.79 Å². The molecule has 6 heteroatoms. The minimum atomic E-state index is -0.163. The molecule has 1 aliphatic rings. The van der Waals surface area contributed by atoms with E-state index in [1.807, 2.05) is 25.1 Å². The second-order valence-electron chi connectivity index (χ2n) is 5.91. The number of fused-ring (bicyclic) bond motifs is 1. The molecule has 2 aromatic rings. The molecule has 3 rings (SSSR count). The van der Waals surface area contributed by atoms with Crippen LogP contribution in [0.4, 0.5) is 0 Å². The summed E-state index contributed by atoms with van der Waals surface area (Å²) in [5.74, 6) is 2.40. The van der Waals surface area contributed by atoms with Crippen molar-refractivity contribution in [2.24, 2.45) is 0 Å². The fraction of sp³-hybridized carbons (Fsp3) is 0.350. The molecule has 1 N–H and O–H groups in total. The van der Waals surface area contributed by atoms with Crippen LogP contribution in [0.5, 0.6) is 23.0 Å². The molecule has 0 bridgehead atoms. The number of hydrogen-bond acceptors (Lipinski definition) is 5. The second-order valence-corrected chi connectivity index (χ2v) is 5.91. The van der Waals surface area contributed by atoms with Crippen molar-refractivity contribution >= 4 is 5.91 Å². The lowest BCUT2D eigenvalue weighted by Crippen LogP contribution is -2.28. The highest BCUT2D eigenvalue weighted by atomic mass is 16.6. The van der Waals surface area contributed by atoms with E-state index in [2.05, 4.69) is 5.32 Å². The summed E-state index contributed by atoms with van der Waals surface area (Å²) in [6, 6.07) is 10.7. The van der Waals surface area contributed by atoms with Crippen molar-refractivity contribution in [2.45, 2.75) is 19.4 Å². The van der Waals surface area contributed by atoms with Gasteiger partial charge in [0.05, 0.1) is 20.3 Å². The van der Waals surface area contributed by atoms with Gasteiger partial charge in [-0.3, -0.25) is 4.79 Å². The van der Waals surface area contributed by atoms with Crippen LogP contribution in [0.25, 0.3) is 0 Å². The van der Waals surface area contributed by atoms with Gasteiger partial charge < -0.3 is 24.3 Å². The molecule has 1 aliphatic heterocycles. The monoisotopic (exact) mass is 357 g/mol. The third kappa shape index (κ3) is 3.69. The van der Waals surface area contributed by atoms with E-state index in [0.29, 0.717) is 41.8 Å². The van der Waals surface area contributed by atoms with Gasteiger partial charge in [0.15, 0.2) is 23.0 Å². The van der Waals surface area contributed by atoms with Gasteiger partial charge in [-0.2, -0.15) is 0 Å². The van der Waals surface area contributed by atoms with Crippen LogP contribution in [0.15, 0.2) is 36.4 Å². The molecule has 138 valence electrons. The Bertz CT molecular complexity index is 790. The lowest BCUT2D eigenvalue weighted by atomic mass is 10.0. The van der Waals surface area contributed by atoms with Gasteiger partial charge in [0.1, 0.15) is 13.2 Å². The molecular formula is C20H23NO5. The topological polar surface area (TPSA) is 66.0 Å². The number of carbonyl (C=O) groups is 1. The molecule has 0 saturated carbocycles. The predicted molar refractivity (Wildman–Crippen MR) is 97.5 cm³/mol. The standard InChI is InChI=1S/C20H23NO5/c1-4-15(13-5-7-16(23-2)18(11-13)24-3)21-20(22)14-6-8-17-19(12-14)26-10-9-25-17/h5-8,11-12,15H,4,9-10H2,1-3H3,(H,21,22). The number of rotatable bonds is 6. The van der Waals surface area contributed by atoms with Gasteiger partial charge in [-0.05, 0) is 42.3 Å². The summed E-state index contributed by atoms with van der Waals surface area (Å²) in [7, 11) is 3.19. The number of hydrogen-bond donors (Lipinski definition) is 1. The lowest BCUT2D eigenvalue weighted by Gasteiger charge is -2.21. The maximum Gasteiger partial charge on any atom is 0.251 e. The molecule has 2 aromatic carbocycles. The summed E-state index contributed by atoms with van der Waals surface area (Å²) in [5.41, 5.74) is 1.49. The van der Waals surface area contributed by atoms with E-state index in [4.69, 9.17) is 18.9 Å². The van der Waals surface area contributed by atoms with Crippen molar-refractivity contribution < 1.29 is 23.7 Å². The van der Waals surface area contributed by atoms with Crippen molar-refractivity contribution in [3.63, 3.8) is 0 Å². The molecule has 1 heterocycles. The first-order chi connectivity index (χ1) is 12.7. The summed E-state index contributed by atoms with van der Waals surface area (Å²) in [6.45, 7) is 3.03. The third-order valence-electron chi connectivity index (χ3n) is 4.33. The van der Waals surface area contributed by atoms with Gasteiger partial charge in [-0.1, -0.05) is 13.0 Å². The maximum atomic E-state index is 12.7. The highest BCUT2D eigenvalue weighted by molar-refractivity contribution is 5.95. The highest BCUT2D eigenvalue weighted by Gasteiger charge is 2.19. The summed E-state index contributed by atoms with van der Waals surface area (Å²) < 4.78 is 21.7. The number of benzene rings is 2. The molecule has 6 nitrogen and oxygen atoms in total. The zero-order chi connectivity index (χ0) is 18.5. The Balaban J connectivity index is 1.78. The van der Waals surface area contributed by atoms with Crippen LogP contribution >= 0.6 is 0 Å². The van der Waals surface area contributed by atoms with Crippen molar-refractivity contribution in [3.05, 3.63) is 47.5 Å². The largest absolute Gasteiger partial charge is 0.493 e. The molecule has 0 spiro atoms. The second kappa shape index (κ2) is 7.99. The SMILES string of the molecule is CCC(NC(=O)c1ccc2c(c1)OCCO2)c1ccc(OC)c(OC)c1. The van der Waals surface area contributed by atoms with Crippen molar-refractivity contribution in [3.8, 4) is 23.0 Å². The number of amides is 1. The predicted octanol–water partition coefficient (Wildman–Crippen LogP) is 3.36. The van der Waals surface area contributed by atoms with Crippen LogP contribution in [0.1, 0.15) is 35.3 Å². The van der Waals surface area contributed by atoms with Crippen LogP contribution < -0.4 is 24.3 Å². The fourth-order valence-electron chi connectivity index (χ4n) is 2.92. The zero-order valence-electron chi connectivity index (χ0n) is 15.2. The molecule has 1 unspecified atom stereocenters. The van der Waals surface area contributed by atoms with Crippen LogP contribution in [0.3, 0.4) is 0 Å².